The molecule has 0 aliphatic rings. The van der Waals surface area contributed by atoms with E-state index in [1.165, 1.54) is 11.1 Å². The lowest BCUT2D eigenvalue weighted by Gasteiger charge is -2.13. The van der Waals surface area contributed by atoms with Gasteiger partial charge in [-0.3, -0.25) is 4.99 Å². The van der Waals surface area contributed by atoms with Crippen molar-refractivity contribution in [2.24, 2.45) is 4.99 Å². The Morgan fingerprint density at radius 2 is 1.90 bits per heavy atom. The van der Waals surface area contributed by atoms with Crippen LogP contribution in [0.1, 0.15) is 18.9 Å². The molecule has 7 heteroatoms. The molecule has 0 aliphatic heterocycles. The van der Waals surface area contributed by atoms with Crippen molar-refractivity contribution in [3.05, 3.63) is 60.4 Å². The zero-order chi connectivity index (χ0) is 19.6. The number of guanidine groups is 1. The normalized spacial score (nSPS) is 11.2. The third-order valence-electron chi connectivity index (χ3n) is 4.58. The number of aliphatic imine (C=N–C) groups is 1. The smallest absolute Gasteiger partial charge is 0.191 e. The highest BCUT2D eigenvalue weighted by Gasteiger charge is 2.03. The number of nitrogens with zero attached hydrogens (tertiary/aromatic N) is 3. The topological polar surface area (TPSA) is 63.5 Å². The van der Waals surface area contributed by atoms with Crippen LogP contribution in [-0.4, -0.2) is 42.3 Å². The fourth-order valence-electron chi connectivity index (χ4n) is 3.19. The van der Waals surface area contributed by atoms with Crippen LogP contribution in [0.15, 0.2) is 59.9 Å². The average Bonchev–Trinajstić information content (AvgIpc) is 3.14. The van der Waals surface area contributed by atoms with Crippen LogP contribution in [0.25, 0.3) is 11.0 Å². The number of nitrogens with one attached hydrogen (secondary N) is 2. The first-order chi connectivity index (χ1) is 13.8. The second kappa shape index (κ2) is 12.3. The zero-order valence-corrected chi connectivity index (χ0v) is 19.4. The summed E-state index contributed by atoms with van der Waals surface area (Å²) in [6, 6.07) is 16.3. The predicted octanol–water partition coefficient (Wildman–Crippen LogP) is 3.85. The Hall–Kier alpha value is -2.29. The molecule has 0 unspecified atom stereocenters. The zero-order valence-electron chi connectivity index (χ0n) is 17.1. The number of halogens is 1. The van der Waals surface area contributed by atoms with Gasteiger partial charge in [0.15, 0.2) is 5.96 Å². The first-order valence-electron chi connectivity index (χ1n) is 9.85. The Bertz CT molecular complexity index is 909. The molecule has 0 atom stereocenters. The number of rotatable bonds is 9. The molecule has 3 aromatic rings. The summed E-state index contributed by atoms with van der Waals surface area (Å²) in [7, 11) is 1.71. The molecule has 0 fully saturated rings. The van der Waals surface area contributed by atoms with Gasteiger partial charge in [0.05, 0.1) is 24.5 Å². The Morgan fingerprint density at radius 1 is 1.10 bits per heavy atom. The van der Waals surface area contributed by atoms with E-state index in [0.29, 0.717) is 0 Å². The monoisotopic (exact) mass is 507 g/mol. The molecule has 0 saturated carbocycles. The molecule has 29 heavy (non-hydrogen) atoms. The maximum atomic E-state index is 5.41. The molecule has 0 spiro atoms. The lowest BCUT2D eigenvalue weighted by molar-refractivity contribution is 0.409. The number of imidazole rings is 1. The highest BCUT2D eigenvalue weighted by atomic mass is 127. The molecule has 0 radical (unpaired) electrons. The van der Waals surface area contributed by atoms with Gasteiger partial charge in [0.2, 0.25) is 0 Å². The average molecular weight is 507 g/mol. The van der Waals surface area contributed by atoms with E-state index in [2.05, 4.69) is 39.2 Å². The fraction of sp³-hybridized carbons (Fsp3) is 0.364. The summed E-state index contributed by atoms with van der Waals surface area (Å²) in [6.45, 7) is 5.39. The second-order valence-corrected chi connectivity index (χ2v) is 6.53. The Balaban J connectivity index is 0.00000300. The molecule has 6 nitrogen and oxygen atoms in total. The summed E-state index contributed by atoms with van der Waals surface area (Å²) in [5, 5.41) is 6.72. The fourth-order valence-corrected chi connectivity index (χ4v) is 3.19. The van der Waals surface area contributed by atoms with Crippen LogP contribution in [0, 0.1) is 0 Å². The van der Waals surface area contributed by atoms with Gasteiger partial charge < -0.3 is 19.9 Å². The van der Waals surface area contributed by atoms with Crippen LogP contribution in [0.5, 0.6) is 5.75 Å². The molecule has 3 rings (SSSR count). The molecule has 2 N–H and O–H groups in total. The quantitative estimate of drug-likeness (QED) is 0.200. The maximum absolute atomic E-state index is 5.41. The molecule has 0 bridgehead atoms. The molecule has 1 aromatic heterocycles. The Labute approximate surface area is 189 Å². The van der Waals surface area contributed by atoms with E-state index in [0.717, 1.165) is 56.2 Å². The van der Waals surface area contributed by atoms with Crippen molar-refractivity contribution in [1.82, 2.24) is 20.2 Å². The summed E-state index contributed by atoms with van der Waals surface area (Å²) in [5.74, 6) is 1.78. The van der Waals surface area contributed by atoms with Crippen molar-refractivity contribution in [2.45, 2.75) is 26.3 Å². The molecular weight excluding hydrogens is 477 g/mol. The summed E-state index contributed by atoms with van der Waals surface area (Å²) in [5.41, 5.74) is 3.41. The number of para-hydroxylation sites is 3. The largest absolute Gasteiger partial charge is 0.496 e. The van der Waals surface area contributed by atoms with Crippen molar-refractivity contribution in [2.75, 3.05) is 26.7 Å². The molecule has 1 heterocycles. The standard InChI is InChI=1S/C22H29N5O.HI/c1-3-23-22(25-15-13-18-9-4-7-12-21(18)28-2)24-14-8-16-27-17-26-19-10-5-6-11-20(19)27;/h4-7,9-12,17H,3,8,13-16H2,1-2H3,(H2,23,24,25);1H. The van der Waals surface area contributed by atoms with Crippen LogP contribution in [0.2, 0.25) is 0 Å². The highest BCUT2D eigenvalue weighted by molar-refractivity contribution is 14.0. The summed E-state index contributed by atoms with van der Waals surface area (Å²) in [6.07, 6.45) is 3.75. The molecule has 0 aliphatic carbocycles. The maximum Gasteiger partial charge on any atom is 0.191 e. The highest BCUT2D eigenvalue weighted by Crippen LogP contribution is 2.17. The summed E-state index contributed by atoms with van der Waals surface area (Å²) >= 11 is 0. The van der Waals surface area contributed by atoms with Crippen molar-refractivity contribution in [1.29, 1.82) is 0 Å². The van der Waals surface area contributed by atoms with Gasteiger partial charge in [-0.25, -0.2) is 4.98 Å². The van der Waals surface area contributed by atoms with Gasteiger partial charge >= 0.3 is 0 Å². The Morgan fingerprint density at radius 3 is 2.72 bits per heavy atom. The summed E-state index contributed by atoms with van der Waals surface area (Å²) < 4.78 is 7.60. The van der Waals surface area contributed by atoms with Gasteiger partial charge in [-0.05, 0) is 43.5 Å². The van der Waals surface area contributed by atoms with E-state index in [4.69, 9.17) is 9.73 Å². The van der Waals surface area contributed by atoms with Crippen molar-refractivity contribution in [3.63, 3.8) is 0 Å². The third kappa shape index (κ3) is 6.62. The minimum absolute atomic E-state index is 0. The van der Waals surface area contributed by atoms with Gasteiger partial charge in [-0.1, -0.05) is 30.3 Å². The first kappa shape index (κ1) is 23.0. The van der Waals surface area contributed by atoms with Crippen LogP contribution in [-0.2, 0) is 13.0 Å². The van der Waals surface area contributed by atoms with E-state index < -0.39 is 0 Å². The van der Waals surface area contributed by atoms with E-state index in [9.17, 15) is 0 Å². The molecular formula is C22H30IN5O. The van der Waals surface area contributed by atoms with E-state index in [1.54, 1.807) is 7.11 Å². The third-order valence-corrected chi connectivity index (χ3v) is 4.58. The number of fused-ring (bicyclic) bond motifs is 1. The predicted molar refractivity (Wildman–Crippen MR) is 130 cm³/mol. The summed E-state index contributed by atoms with van der Waals surface area (Å²) in [4.78, 5) is 9.13. The van der Waals surface area contributed by atoms with Crippen LogP contribution < -0.4 is 15.4 Å². The molecule has 0 amide bonds. The number of aryl methyl sites for hydroxylation is 1. The van der Waals surface area contributed by atoms with Gasteiger partial charge in [-0.15, -0.1) is 24.0 Å². The van der Waals surface area contributed by atoms with Crippen LogP contribution in [0.3, 0.4) is 0 Å². The SMILES string of the molecule is CCNC(=NCCCn1cnc2ccccc21)NCCc1ccccc1OC.I. The lowest BCUT2D eigenvalue weighted by Crippen LogP contribution is -2.38. The first-order valence-corrected chi connectivity index (χ1v) is 9.85. The second-order valence-electron chi connectivity index (χ2n) is 6.53. The minimum Gasteiger partial charge on any atom is -0.496 e. The van der Waals surface area contributed by atoms with Crippen molar-refractivity contribution >= 4 is 41.0 Å². The number of benzene rings is 2. The number of hydrogen-bond donors (Lipinski definition) is 2. The molecule has 156 valence electrons. The molecule has 2 aromatic carbocycles. The number of hydrogen-bond acceptors (Lipinski definition) is 3. The van der Waals surface area contributed by atoms with Gasteiger partial charge in [0.1, 0.15) is 5.75 Å². The number of methoxy groups -OCH3 is 1. The van der Waals surface area contributed by atoms with Crippen LogP contribution >= 0.6 is 24.0 Å². The number of aromatic nitrogens is 2. The van der Waals surface area contributed by atoms with E-state index >= 15 is 0 Å². The molecule has 0 saturated heterocycles. The van der Waals surface area contributed by atoms with E-state index in [-0.39, 0.29) is 24.0 Å². The number of ether oxygens (including phenoxy) is 1. The van der Waals surface area contributed by atoms with Gasteiger partial charge in [0.25, 0.3) is 0 Å². The van der Waals surface area contributed by atoms with Crippen molar-refractivity contribution in [3.8, 4) is 5.75 Å². The lowest BCUT2D eigenvalue weighted by atomic mass is 10.1. The van der Waals surface area contributed by atoms with Gasteiger partial charge in [-0.2, -0.15) is 0 Å². The Kier molecular flexibility index (Phi) is 9.76. The minimum atomic E-state index is 0. The van der Waals surface area contributed by atoms with Crippen molar-refractivity contribution < 1.29 is 4.74 Å². The van der Waals surface area contributed by atoms with E-state index in [1.807, 2.05) is 42.7 Å². The van der Waals surface area contributed by atoms with Crippen LogP contribution in [0.4, 0.5) is 0 Å². The van der Waals surface area contributed by atoms with Gasteiger partial charge in [0, 0.05) is 26.2 Å².